The Hall–Kier alpha value is -2.24. The normalized spacial score (nSPS) is 14.7. The van der Waals surface area contributed by atoms with Crippen molar-refractivity contribution in [2.75, 3.05) is 5.32 Å². The van der Waals surface area contributed by atoms with Crippen molar-refractivity contribution in [3.05, 3.63) is 36.2 Å². The molecule has 5 nitrogen and oxygen atoms in total. The van der Waals surface area contributed by atoms with Gasteiger partial charge in [-0.05, 0) is 25.0 Å². The van der Waals surface area contributed by atoms with Crippen molar-refractivity contribution >= 4 is 31.1 Å². The van der Waals surface area contributed by atoms with Crippen molar-refractivity contribution in [1.82, 2.24) is 10.2 Å². The first kappa shape index (κ1) is 16.1. The van der Waals surface area contributed by atoms with Gasteiger partial charge in [-0.15, -0.1) is 0 Å². The third-order valence-corrected chi connectivity index (χ3v) is 3.87. The lowest BCUT2D eigenvalue weighted by Crippen LogP contribution is -2.07. The number of hydrogen-bond acceptors (Lipinski definition) is 3. The van der Waals surface area contributed by atoms with Gasteiger partial charge in [0, 0.05) is 11.6 Å². The number of nitrogens with one attached hydrogen (secondary N) is 2. The first-order valence-corrected chi connectivity index (χ1v) is 7.55. The molecule has 0 bridgehead atoms. The van der Waals surface area contributed by atoms with E-state index < -0.39 is 0 Å². The van der Waals surface area contributed by atoms with Crippen molar-refractivity contribution < 1.29 is 4.79 Å². The fourth-order valence-corrected chi connectivity index (χ4v) is 2.82. The minimum absolute atomic E-state index is 0.250. The van der Waals surface area contributed by atoms with Gasteiger partial charge in [-0.25, -0.2) is 0 Å². The Bertz CT molecular complexity index is 576. The van der Waals surface area contributed by atoms with Gasteiger partial charge < -0.3 is 11.1 Å². The summed E-state index contributed by atoms with van der Waals surface area (Å²) in [5, 5.41) is 10.8. The summed E-state index contributed by atoms with van der Waals surface area (Å²) in [6.07, 6.45) is 8.67. The SMILES string of the molecule is NC=O.[B]c1ccc(Nc2cn[nH]c2C2CCCCC2)cc1. The highest BCUT2D eigenvalue weighted by molar-refractivity contribution is 6.32. The van der Waals surface area contributed by atoms with Gasteiger partial charge >= 0.3 is 0 Å². The van der Waals surface area contributed by atoms with E-state index in [0.717, 1.165) is 16.8 Å². The van der Waals surface area contributed by atoms with Crippen molar-refractivity contribution in [3.63, 3.8) is 0 Å². The summed E-state index contributed by atoms with van der Waals surface area (Å²) >= 11 is 0. The van der Waals surface area contributed by atoms with E-state index in [0.29, 0.717) is 5.92 Å². The summed E-state index contributed by atoms with van der Waals surface area (Å²) in [5.74, 6) is 0.618. The van der Waals surface area contributed by atoms with Gasteiger partial charge in [0.1, 0.15) is 7.85 Å². The predicted octanol–water partition coefficient (Wildman–Crippen LogP) is 2.10. The molecule has 1 aliphatic rings. The van der Waals surface area contributed by atoms with Gasteiger partial charge in [-0.3, -0.25) is 9.89 Å². The molecule has 0 saturated heterocycles. The highest BCUT2D eigenvalue weighted by Crippen LogP contribution is 2.35. The second-order valence-electron chi connectivity index (χ2n) is 5.42. The second kappa shape index (κ2) is 8.27. The van der Waals surface area contributed by atoms with E-state index in [-0.39, 0.29) is 6.41 Å². The van der Waals surface area contributed by atoms with E-state index >= 15 is 0 Å². The molecule has 4 N–H and O–H groups in total. The summed E-state index contributed by atoms with van der Waals surface area (Å²) in [6.45, 7) is 0. The maximum atomic E-state index is 8.58. The highest BCUT2D eigenvalue weighted by atomic mass is 16.1. The zero-order valence-corrected chi connectivity index (χ0v) is 12.6. The highest BCUT2D eigenvalue weighted by Gasteiger charge is 2.20. The molecule has 1 amide bonds. The average molecular weight is 296 g/mol. The number of benzene rings is 1. The largest absolute Gasteiger partial charge is 0.372 e. The summed E-state index contributed by atoms with van der Waals surface area (Å²) in [7, 11) is 5.70. The minimum atomic E-state index is 0.250. The molecular weight excluding hydrogens is 275 g/mol. The molecule has 1 saturated carbocycles. The molecule has 0 atom stereocenters. The topological polar surface area (TPSA) is 83.8 Å². The lowest BCUT2D eigenvalue weighted by molar-refractivity contribution is -0.106. The second-order valence-corrected chi connectivity index (χ2v) is 5.42. The molecular formula is C16H21BN4O. The first-order valence-electron chi connectivity index (χ1n) is 7.55. The molecule has 2 radical (unpaired) electrons. The van der Waals surface area contributed by atoms with E-state index in [9.17, 15) is 0 Å². The number of anilines is 2. The summed E-state index contributed by atoms with van der Waals surface area (Å²) in [5.41, 5.74) is 8.34. The number of nitrogens with two attached hydrogens (primary N) is 1. The van der Waals surface area contributed by atoms with Crippen LogP contribution in [0.5, 0.6) is 0 Å². The number of amides is 1. The summed E-state index contributed by atoms with van der Waals surface area (Å²) < 4.78 is 0. The van der Waals surface area contributed by atoms with Crippen LogP contribution >= 0.6 is 0 Å². The molecule has 1 heterocycles. The van der Waals surface area contributed by atoms with Crippen LogP contribution in [0.4, 0.5) is 11.4 Å². The van der Waals surface area contributed by atoms with Gasteiger partial charge in [0.05, 0.1) is 17.6 Å². The lowest BCUT2D eigenvalue weighted by Gasteiger charge is -2.21. The molecule has 1 fully saturated rings. The van der Waals surface area contributed by atoms with Crippen LogP contribution in [0, 0.1) is 0 Å². The Balaban J connectivity index is 0.000000545. The Morgan fingerprint density at radius 3 is 2.50 bits per heavy atom. The summed E-state index contributed by atoms with van der Waals surface area (Å²) in [6, 6.07) is 7.80. The van der Waals surface area contributed by atoms with Gasteiger partial charge in [0.25, 0.3) is 0 Å². The zero-order valence-electron chi connectivity index (χ0n) is 12.6. The maximum absolute atomic E-state index is 8.58. The third kappa shape index (κ3) is 4.38. The standard InChI is InChI=1S/C15H18BN3.CH3NO/c16-12-6-8-13(9-7-12)18-14-10-17-19-15(14)11-4-2-1-3-5-11;2-1-3/h6-11,18H,1-5H2,(H,17,19);1H,(H2,2,3). The fourth-order valence-electron chi connectivity index (χ4n) is 2.82. The number of rotatable bonds is 3. The van der Waals surface area contributed by atoms with Gasteiger partial charge in [-0.1, -0.05) is 36.9 Å². The molecule has 22 heavy (non-hydrogen) atoms. The van der Waals surface area contributed by atoms with E-state index in [4.69, 9.17) is 12.6 Å². The lowest BCUT2D eigenvalue weighted by atomic mass is 9.86. The van der Waals surface area contributed by atoms with Crippen LogP contribution < -0.4 is 16.5 Å². The van der Waals surface area contributed by atoms with Crippen LogP contribution in [0.15, 0.2) is 30.5 Å². The van der Waals surface area contributed by atoms with Gasteiger partial charge in [0.15, 0.2) is 0 Å². The monoisotopic (exact) mass is 296 g/mol. The predicted molar refractivity (Wildman–Crippen MR) is 89.8 cm³/mol. The molecule has 0 aliphatic heterocycles. The average Bonchev–Trinajstić information content (AvgIpc) is 2.99. The Morgan fingerprint density at radius 1 is 1.23 bits per heavy atom. The van der Waals surface area contributed by atoms with Crippen molar-refractivity contribution in [1.29, 1.82) is 0 Å². The first-order chi connectivity index (χ1) is 10.7. The van der Waals surface area contributed by atoms with E-state index in [1.54, 1.807) is 0 Å². The Kier molecular flexibility index (Phi) is 6.07. The van der Waals surface area contributed by atoms with Gasteiger partial charge in [0.2, 0.25) is 6.41 Å². The number of carbonyl (C=O) groups excluding carboxylic acids is 1. The molecule has 3 rings (SSSR count). The van der Waals surface area contributed by atoms with E-state index in [1.807, 2.05) is 30.5 Å². The zero-order chi connectivity index (χ0) is 15.8. The molecule has 0 spiro atoms. The molecule has 2 aromatic rings. The third-order valence-electron chi connectivity index (χ3n) is 3.87. The minimum Gasteiger partial charge on any atom is -0.372 e. The van der Waals surface area contributed by atoms with Gasteiger partial charge in [-0.2, -0.15) is 5.10 Å². The van der Waals surface area contributed by atoms with Crippen LogP contribution in [0.25, 0.3) is 0 Å². The number of H-pyrrole nitrogens is 1. The van der Waals surface area contributed by atoms with Crippen LogP contribution in [0.3, 0.4) is 0 Å². The molecule has 1 aromatic carbocycles. The maximum Gasteiger partial charge on any atom is 0.204 e. The van der Waals surface area contributed by atoms with Crippen LogP contribution in [-0.4, -0.2) is 24.5 Å². The van der Waals surface area contributed by atoms with E-state index in [1.165, 1.54) is 37.8 Å². The summed E-state index contributed by atoms with van der Waals surface area (Å²) in [4.78, 5) is 8.58. The van der Waals surface area contributed by atoms with Crippen molar-refractivity contribution in [2.24, 2.45) is 5.73 Å². The van der Waals surface area contributed by atoms with Crippen LogP contribution in [-0.2, 0) is 4.79 Å². The molecule has 114 valence electrons. The molecule has 1 aliphatic carbocycles. The molecule has 1 aromatic heterocycles. The van der Waals surface area contributed by atoms with E-state index in [2.05, 4.69) is 21.2 Å². The smallest absolute Gasteiger partial charge is 0.204 e. The van der Waals surface area contributed by atoms with Crippen LogP contribution in [0.1, 0.15) is 43.7 Å². The van der Waals surface area contributed by atoms with Crippen molar-refractivity contribution in [3.8, 4) is 0 Å². The Labute approximate surface area is 132 Å². The number of aromatic amines is 1. The van der Waals surface area contributed by atoms with Crippen LogP contribution in [0.2, 0.25) is 0 Å². The molecule has 6 heteroatoms. The number of aromatic nitrogens is 2. The fraction of sp³-hybridized carbons (Fsp3) is 0.375. The Morgan fingerprint density at radius 2 is 1.86 bits per heavy atom. The number of nitrogens with zero attached hydrogens (tertiary/aromatic N) is 1. The quantitative estimate of drug-likeness (QED) is 0.599. The molecule has 0 unspecified atom stereocenters. The number of carbonyl (C=O) groups is 1. The number of primary amides is 1. The van der Waals surface area contributed by atoms with Crippen molar-refractivity contribution in [2.45, 2.75) is 38.0 Å². The number of hydrogen-bond donors (Lipinski definition) is 3.